The third kappa shape index (κ3) is 8.38. The molecular weight excluding hydrogens is 615 g/mol. The Morgan fingerprint density at radius 3 is 2.49 bits per heavy atom. The normalized spacial score (nSPS) is 15.7. The summed E-state index contributed by atoms with van der Waals surface area (Å²) in [7, 11) is 0. The highest BCUT2D eigenvalue weighted by Gasteiger charge is 2.23. The van der Waals surface area contributed by atoms with Crippen LogP contribution in [0.15, 0.2) is 101 Å². The quantitative estimate of drug-likeness (QED) is 0.0723. The molecule has 14 heteroatoms. The molecular formula is C33H29FN4O9. The Morgan fingerprint density at radius 2 is 1.74 bits per heavy atom. The number of nitrogens with zero attached hydrogens (tertiary/aromatic N) is 2. The van der Waals surface area contributed by atoms with Crippen molar-refractivity contribution in [1.82, 2.24) is 14.1 Å². The van der Waals surface area contributed by atoms with Crippen LogP contribution in [-0.4, -0.2) is 49.8 Å². The number of nitrogens with one attached hydrogen (secondary N) is 2. The van der Waals surface area contributed by atoms with E-state index in [9.17, 15) is 33.5 Å². The lowest BCUT2D eigenvalue weighted by molar-refractivity contribution is -0.131. The van der Waals surface area contributed by atoms with Crippen LogP contribution < -0.4 is 16.6 Å². The van der Waals surface area contributed by atoms with Crippen molar-refractivity contribution >= 4 is 29.3 Å². The van der Waals surface area contributed by atoms with Gasteiger partial charge < -0.3 is 29.2 Å². The summed E-state index contributed by atoms with van der Waals surface area (Å²) in [5.74, 6) is -2.75. The number of ether oxygens (including phenoxy) is 3. The van der Waals surface area contributed by atoms with Crippen molar-refractivity contribution in [3.05, 3.63) is 140 Å². The minimum absolute atomic E-state index is 0.143. The Balaban J connectivity index is 1.06. The van der Waals surface area contributed by atoms with E-state index in [2.05, 4.69) is 10.3 Å². The SMILES string of the molecule is Cc1cn([C@H]2C=C[C@@H](COC(=O)OCc3ccc(NC(=O)C(=O)/C=C(\O)c4cccn4Cc4ccc(F)cc4)cc3)O2)c(=O)[nH]c1=O. The first-order valence-corrected chi connectivity index (χ1v) is 14.3. The fraction of sp³-hybridized carbons (Fsp3) is 0.182. The van der Waals surface area contributed by atoms with Crippen LogP contribution in [0.4, 0.5) is 14.9 Å². The molecule has 0 spiro atoms. The highest BCUT2D eigenvalue weighted by atomic mass is 19.1. The molecule has 47 heavy (non-hydrogen) atoms. The van der Waals surface area contributed by atoms with E-state index in [1.165, 1.54) is 35.0 Å². The molecule has 2 atom stereocenters. The number of amides is 1. The molecule has 0 fully saturated rings. The lowest BCUT2D eigenvalue weighted by Gasteiger charge is -2.16. The van der Waals surface area contributed by atoms with Crippen LogP contribution in [0.5, 0.6) is 0 Å². The predicted octanol–water partition coefficient (Wildman–Crippen LogP) is 3.75. The molecule has 0 unspecified atom stereocenters. The summed E-state index contributed by atoms with van der Waals surface area (Å²) in [6.07, 6.45) is 4.72. The van der Waals surface area contributed by atoms with E-state index >= 15 is 0 Å². The van der Waals surface area contributed by atoms with Crippen molar-refractivity contribution in [3.63, 3.8) is 0 Å². The molecule has 4 aromatic rings. The largest absolute Gasteiger partial charge is 0.508 e. The van der Waals surface area contributed by atoms with Gasteiger partial charge in [-0.15, -0.1) is 0 Å². The summed E-state index contributed by atoms with van der Waals surface area (Å²) in [6, 6.07) is 15.2. The molecule has 0 aliphatic carbocycles. The second kappa shape index (κ2) is 14.4. The summed E-state index contributed by atoms with van der Waals surface area (Å²) >= 11 is 0. The monoisotopic (exact) mass is 644 g/mol. The number of halogens is 1. The second-order valence-electron chi connectivity index (χ2n) is 10.5. The van der Waals surface area contributed by atoms with Gasteiger partial charge in [0.15, 0.2) is 6.23 Å². The van der Waals surface area contributed by atoms with E-state index in [-0.39, 0.29) is 19.0 Å². The number of aromatic amines is 1. The number of rotatable bonds is 11. The molecule has 2 aromatic carbocycles. The molecule has 1 amide bonds. The van der Waals surface area contributed by atoms with E-state index in [1.54, 1.807) is 66.2 Å². The number of carbonyl (C=O) groups is 3. The Labute approximate surface area is 266 Å². The fourth-order valence-corrected chi connectivity index (χ4v) is 4.56. The van der Waals surface area contributed by atoms with Crippen molar-refractivity contribution in [3.8, 4) is 0 Å². The number of aliphatic hydroxyl groups is 1. The second-order valence-corrected chi connectivity index (χ2v) is 10.5. The predicted molar refractivity (Wildman–Crippen MR) is 166 cm³/mol. The molecule has 2 aromatic heterocycles. The van der Waals surface area contributed by atoms with Gasteiger partial charge in [-0.2, -0.15) is 0 Å². The minimum atomic E-state index is -0.986. The van der Waals surface area contributed by atoms with Crippen molar-refractivity contribution < 1.29 is 38.1 Å². The number of hydrogen-bond acceptors (Lipinski definition) is 9. The van der Waals surface area contributed by atoms with Gasteiger partial charge in [0.25, 0.3) is 11.5 Å². The zero-order chi connectivity index (χ0) is 33.5. The maximum Gasteiger partial charge on any atom is 0.508 e. The van der Waals surface area contributed by atoms with Crippen LogP contribution in [0.2, 0.25) is 0 Å². The van der Waals surface area contributed by atoms with Crippen LogP contribution in [0, 0.1) is 12.7 Å². The summed E-state index contributed by atoms with van der Waals surface area (Å²) < 4.78 is 31.9. The van der Waals surface area contributed by atoms with Gasteiger partial charge in [0.1, 0.15) is 30.9 Å². The molecule has 1 aliphatic heterocycles. The van der Waals surface area contributed by atoms with Crippen LogP contribution in [0.1, 0.15) is 28.6 Å². The van der Waals surface area contributed by atoms with Crippen molar-refractivity contribution in [1.29, 1.82) is 0 Å². The molecule has 0 saturated heterocycles. The first-order chi connectivity index (χ1) is 22.5. The number of ketones is 1. The number of carbonyl (C=O) groups excluding carboxylic acids is 3. The maximum atomic E-state index is 13.2. The van der Waals surface area contributed by atoms with E-state index in [0.717, 1.165) is 11.6 Å². The van der Waals surface area contributed by atoms with Crippen molar-refractivity contribution in [2.45, 2.75) is 32.4 Å². The van der Waals surface area contributed by atoms with Crippen molar-refractivity contribution in [2.24, 2.45) is 0 Å². The zero-order valence-electron chi connectivity index (χ0n) is 24.9. The number of benzene rings is 2. The smallest absolute Gasteiger partial charge is 0.506 e. The molecule has 0 radical (unpaired) electrons. The number of H-pyrrole nitrogens is 1. The molecule has 0 bridgehead atoms. The number of aryl methyl sites for hydroxylation is 1. The van der Waals surface area contributed by atoms with Gasteiger partial charge in [-0.3, -0.25) is 23.9 Å². The van der Waals surface area contributed by atoms with Gasteiger partial charge in [-0.1, -0.05) is 30.3 Å². The highest BCUT2D eigenvalue weighted by Crippen LogP contribution is 2.20. The maximum absolute atomic E-state index is 13.2. The third-order valence-electron chi connectivity index (χ3n) is 7.01. The summed E-state index contributed by atoms with van der Waals surface area (Å²) in [4.78, 5) is 62.9. The van der Waals surface area contributed by atoms with Gasteiger partial charge in [-0.25, -0.2) is 14.0 Å². The molecule has 1 aliphatic rings. The van der Waals surface area contributed by atoms with Gasteiger partial charge in [0.2, 0.25) is 5.78 Å². The van der Waals surface area contributed by atoms with E-state index in [4.69, 9.17) is 14.2 Å². The van der Waals surface area contributed by atoms with E-state index < -0.39 is 47.2 Å². The van der Waals surface area contributed by atoms with Gasteiger partial charge in [0, 0.05) is 36.3 Å². The van der Waals surface area contributed by atoms with Crippen LogP contribution in [-0.2, 0) is 37.0 Å². The molecule has 3 N–H and O–H groups in total. The average Bonchev–Trinajstić information content (AvgIpc) is 3.72. The Hall–Kier alpha value is -6.02. The third-order valence-corrected chi connectivity index (χ3v) is 7.01. The molecule has 0 saturated carbocycles. The van der Waals surface area contributed by atoms with Gasteiger partial charge in [-0.05, 0) is 60.5 Å². The highest BCUT2D eigenvalue weighted by molar-refractivity contribution is 6.45. The molecule has 242 valence electrons. The lowest BCUT2D eigenvalue weighted by atomic mass is 10.2. The Bertz CT molecular complexity index is 1960. The first-order valence-electron chi connectivity index (χ1n) is 14.3. The van der Waals surface area contributed by atoms with Crippen LogP contribution in [0.3, 0.4) is 0 Å². The molecule has 3 heterocycles. The molecule has 5 rings (SSSR count). The average molecular weight is 645 g/mol. The fourth-order valence-electron chi connectivity index (χ4n) is 4.56. The standard InChI is InChI=1S/C33H29FN4O9/c1-20-16-38(32(43)36-30(20)41)29-13-12-25(47-29)19-46-33(44)45-18-22-6-10-24(11-7-22)35-31(42)28(40)15-27(39)26-3-2-14-37(26)17-21-4-8-23(34)9-5-21/h2-16,25,29,39H,17-19H2,1H3,(H,35,42)(H,36,41,43)/b27-15-/t25-,29+/m0/s1. The van der Waals surface area contributed by atoms with E-state index in [1.807, 2.05) is 0 Å². The number of hydrogen-bond donors (Lipinski definition) is 3. The summed E-state index contributed by atoms with van der Waals surface area (Å²) in [6.45, 7) is 1.55. The van der Waals surface area contributed by atoms with Crippen LogP contribution >= 0.6 is 0 Å². The number of aliphatic hydroxyl groups excluding tert-OH is 1. The minimum Gasteiger partial charge on any atom is -0.506 e. The number of anilines is 1. The Morgan fingerprint density at radius 1 is 1.02 bits per heavy atom. The van der Waals surface area contributed by atoms with E-state index in [0.29, 0.717) is 29.1 Å². The topological polar surface area (TPSA) is 171 Å². The molecule has 13 nitrogen and oxygen atoms in total. The van der Waals surface area contributed by atoms with Crippen molar-refractivity contribution in [2.75, 3.05) is 11.9 Å². The lowest BCUT2D eigenvalue weighted by Crippen LogP contribution is -2.33. The summed E-state index contributed by atoms with van der Waals surface area (Å²) in [5.41, 5.74) is 1.15. The Kier molecular flexibility index (Phi) is 9.91. The summed E-state index contributed by atoms with van der Waals surface area (Å²) in [5, 5.41) is 13.0. The van der Waals surface area contributed by atoms with Crippen LogP contribution in [0.25, 0.3) is 5.76 Å². The zero-order valence-corrected chi connectivity index (χ0v) is 24.9. The van der Waals surface area contributed by atoms with Gasteiger partial charge in [0.05, 0.1) is 5.69 Å². The van der Waals surface area contributed by atoms with Gasteiger partial charge >= 0.3 is 11.8 Å². The number of aromatic nitrogens is 3. The first kappa shape index (κ1) is 32.4.